The van der Waals surface area contributed by atoms with Crippen molar-refractivity contribution in [3.8, 4) is 34.5 Å². The number of nitrogens with zero attached hydrogens (tertiary/aromatic N) is 1. The zero-order chi connectivity index (χ0) is 65.3. The van der Waals surface area contributed by atoms with Crippen LogP contribution in [-0.2, 0) is 96.8 Å². The number of ether oxygens (including phenoxy) is 6. The van der Waals surface area contributed by atoms with Crippen molar-refractivity contribution < 1.29 is 84.3 Å². The van der Waals surface area contributed by atoms with E-state index in [2.05, 4.69) is 105 Å². The first-order valence-electron chi connectivity index (χ1n) is 27.4. The molecular formula is C60H62Br6N3O18P3. The van der Waals surface area contributed by atoms with Crippen LogP contribution in [0.15, 0.2) is 150 Å². The summed E-state index contributed by atoms with van der Waals surface area (Å²) >= 11 is 19.5. The quantitative estimate of drug-likeness (QED) is 0.0184. The van der Waals surface area contributed by atoms with Gasteiger partial charge in [0, 0.05) is 0 Å². The number of nitrogens with one attached hydrogen (secondary N) is 2. The van der Waals surface area contributed by atoms with Gasteiger partial charge < -0.3 is 0 Å². The summed E-state index contributed by atoms with van der Waals surface area (Å²) in [7, 11) is -12.0. The van der Waals surface area contributed by atoms with E-state index in [-0.39, 0.29) is 82.7 Å². The molecule has 6 unspecified atom stereocenters. The van der Waals surface area contributed by atoms with Gasteiger partial charge in [0.25, 0.3) is 0 Å². The van der Waals surface area contributed by atoms with E-state index in [4.69, 9.17) is 60.1 Å². The molecule has 0 spiro atoms. The van der Waals surface area contributed by atoms with E-state index in [0.29, 0.717) is 33.4 Å². The molecule has 0 amide bonds. The number of carbonyl (C=O) groups is 6. The summed E-state index contributed by atoms with van der Waals surface area (Å²) in [5.74, 6) is -2.40. The second kappa shape index (κ2) is 32.5. The minimum absolute atomic E-state index is 0.0755. The van der Waals surface area contributed by atoms with Crippen LogP contribution in [-0.4, -0.2) is 64.8 Å². The van der Waals surface area contributed by atoms with Crippen LogP contribution in [0.5, 0.6) is 34.5 Å². The summed E-state index contributed by atoms with van der Waals surface area (Å²) in [4.78, 5) is 78.9. The Kier molecular flexibility index (Phi) is 26.1. The molecule has 6 aromatic carbocycles. The van der Waals surface area contributed by atoms with E-state index in [1.54, 1.807) is 187 Å². The first-order chi connectivity index (χ1) is 42.7. The molecule has 6 atom stereocenters. The van der Waals surface area contributed by atoms with Crippen LogP contribution in [0, 0.1) is 0 Å². The molecule has 21 nitrogen and oxygen atoms in total. The van der Waals surface area contributed by atoms with E-state index in [0.717, 1.165) is 0 Å². The van der Waals surface area contributed by atoms with Crippen molar-refractivity contribution in [2.45, 2.75) is 110 Å². The van der Waals surface area contributed by atoms with Gasteiger partial charge in [-0.05, 0) is 0 Å². The summed E-state index contributed by atoms with van der Waals surface area (Å²) < 4.78 is 82.5. The average molecular weight is 1690 g/mol. The number of benzene rings is 6. The summed E-state index contributed by atoms with van der Waals surface area (Å²) in [6, 6.07) is 39.1. The average Bonchev–Trinajstić information content (AvgIpc) is 0.713. The van der Waals surface area contributed by atoms with Crippen molar-refractivity contribution in [1.29, 1.82) is 0 Å². The Bertz CT molecular complexity index is 3140. The van der Waals surface area contributed by atoms with Crippen molar-refractivity contribution in [2.75, 3.05) is 0 Å². The zero-order valence-electron chi connectivity index (χ0n) is 49.0. The predicted molar refractivity (Wildman–Crippen MR) is 361 cm³/mol. The molecule has 90 heavy (non-hydrogen) atoms. The normalized spacial score (nSPS) is 17.2. The molecule has 0 saturated heterocycles. The molecular weight excluding hydrogens is 1620 g/mol. The van der Waals surface area contributed by atoms with Crippen LogP contribution in [0.4, 0.5) is 0 Å². The van der Waals surface area contributed by atoms with Gasteiger partial charge >= 0.3 is 577 Å². The van der Waals surface area contributed by atoms with Crippen LogP contribution in [0.1, 0.15) is 74.9 Å². The van der Waals surface area contributed by atoms with Gasteiger partial charge in [-0.25, -0.2) is 0 Å². The maximum absolute atomic E-state index is 12.6. The second-order valence-corrected chi connectivity index (χ2v) is 35.2. The Hall–Kier alpha value is -5.30. The fourth-order valence-corrected chi connectivity index (χ4v) is 18.6. The molecule has 0 aliphatic carbocycles. The van der Waals surface area contributed by atoms with Gasteiger partial charge in [0.1, 0.15) is 0 Å². The number of carbonyl (C=O) groups excluding carboxylic acids is 6. The van der Waals surface area contributed by atoms with E-state index >= 15 is 0 Å². The van der Waals surface area contributed by atoms with Gasteiger partial charge in [-0.2, -0.15) is 0 Å². The number of hydrogen-bond donors (Lipinski definition) is 2. The molecule has 0 bridgehead atoms. The SMILES string of the molecule is CC(Br)C(=O)OCc1ccc(OP2(Oc3ccc(COC(=O)C(C)Br)cc3)(Oc3ccc(COC(=O)C(C)Br)cc3)N=PNP(Oc3ccc(COC(=O)C(C)Br)cc3)(Oc3ccc(COC(=O)C(C)Br)cc3)(Oc3ccc(COC(=O)C(C)Br)cc3)N2)cc1. The van der Waals surface area contributed by atoms with Gasteiger partial charge in [0.2, 0.25) is 0 Å². The van der Waals surface area contributed by atoms with Crippen molar-refractivity contribution in [2.24, 2.45) is 4.52 Å². The molecule has 0 radical (unpaired) electrons. The van der Waals surface area contributed by atoms with E-state index in [9.17, 15) is 28.8 Å². The van der Waals surface area contributed by atoms with Crippen LogP contribution >= 0.6 is 119 Å². The summed E-state index contributed by atoms with van der Waals surface area (Å²) in [5.41, 5.74) is 3.48. The van der Waals surface area contributed by atoms with Crippen molar-refractivity contribution in [3.05, 3.63) is 179 Å². The predicted octanol–water partition coefficient (Wildman–Crippen LogP) is 15.9. The molecule has 0 saturated carbocycles. The molecule has 6 aromatic rings. The third kappa shape index (κ3) is 20.9. The van der Waals surface area contributed by atoms with Crippen molar-refractivity contribution in [3.63, 3.8) is 0 Å². The van der Waals surface area contributed by atoms with Gasteiger partial charge in [-0.3, -0.25) is 0 Å². The molecule has 7 rings (SSSR count). The Labute approximate surface area is 572 Å². The van der Waals surface area contributed by atoms with Gasteiger partial charge in [0.05, 0.1) is 0 Å². The Morgan fingerprint density at radius 1 is 0.333 bits per heavy atom. The van der Waals surface area contributed by atoms with Crippen LogP contribution in [0.25, 0.3) is 0 Å². The first kappa shape index (κ1) is 72.1. The molecule has 2 N–H and O–H groups in total. The maximum atomic E-state index is 12.6. The van der Waals surface area contributed by atoms with E-state index in [1.807, 2.05) is 0 Å². The van der Waals surface area contributed by atoms with E-state index in [1.165, 1.54) is 0 Å². The van der Waals surface area contributed by atoms with Crippen LogP contribution in [0.2, 0.25) is 0 Å². The van der Waals surface area contributed by atoms with Gasteiger partial charge in [-0.15, -0.1) is 0 Å². The third-order valence-corrected chi connectivity index (χ3v) is 23.7. The Morgan fingerprint density at radius 3 is 0.689 bits per heavy atom. The molecule has 0 aromatic heterocycles. The summed E-state index contributed by atoms with van der Waals surface area (Å²) in [5, 5.41) is 0. The van der Waals surface area contributed by atoms with Crippen molar-refractivity contribution in [1.82, 2.24) is 9.72 Å². The molecule has 482 valence electrons. The van der Waals surface area contributed by atoms with Gasteiger partial charge in [0.15, 0.2) is 0 Å². The number of alkyl halides is 6. The topological polar surface area (TPSA) is 250 Å². The monoisotopic (exact) mass is 1680 g/mol. The fraction of sp³-hybridized carbons (Fsp3) is 0.300. The third-order valence-electron chi connectivity index (χ3n) is 12.1. The molecule has 0 fully saturated rings. The van der Waals surface area contributed by atoms with Gasteiger partial charge in [-0.1, -0.05) is 0 Å². The molecule has 1 aliphatic heterocycles. The zero-order valence-corrected chi connectivity index (χ0v) is 61.2. The molecule has 1 heterocycles. The summed E-state index contributed by atoms with van der Waals surface area (Å²) in [6.07, 6.45) is 0. The minimum atomic E-state index is -6.00. The second-order valence-electron chi connectivity index (χ2n) is 19.9. The standard InChI is InChI=1S/C60H62Br6N3O18P3/c1-37(61)55(70)76-31-43-7-19-49(20-8-43)82-89(83-50-21-9-44(10-22-50)32-77-56(71)38(2)62,84-51-23-11-45(12-24-51)33-78-57(72)39(3)63)67-88-68-90(69-89,85-52-25-13-46(14-26-52)34-79-58(73)40(4)64,86-53-27-15-47(16-28-53)35-80-59(74)41(5)65)87-54-29-17-48(18-30-54)36-81-60(75)42(6)66/h7-30,37-42,69H,31-36H2,1-6H3,(H,67,68). The number of rotatable bonds is 30. The first-order valence-corrected chi connectivity index (χ1v) is 37.6. The molecule has 30 heteroatoms. The Balaban J connectivity index is 1.50. The molecule has 1 aliphatic rings. The number of halogens is 6. The van der Waals surface area contributed by atoms with Crippen molar-refractivity contribution >= 4 is 155 Å². The van der Waals surface area contributed by atoms with Crippen LogP contribution in [0.3, 0.4) is 0 Å². The fourth-order valence-electron chi connectivity index (χ4n) is 7.48. The van der Waals surface area contributed by atoms with Crippen LogP contribution < -0.4 is 36.9 Å². The number of hydrogen-bond acceptors (Lipinski definition) is 21. The Morgan fingerprint density at radius 2 is 0.511 bits per heavy atom. The summed E-state index contributed by atoms with van der Waals surface area (Å²) in [6.45, 7) is 9.31. The van der Waals surface area contributed by atoms with E-state index < -0.39 is 80.0 Å². The number of esters is 6.